The molecule has 1 N–H and O–H groups in total. The Kier molecular flexibility index (Phi) is 7.37. The molecular formula is C24H28Cl2N4OS. The summed E-state index contributed by atoms with van der Waals surface area (Å²) >= 11 is 18.7. The Labute approximate surface area is 204 Å². The molecule has 2 heterocycles. The van der Waals surface area contributed by atoms with Crippen LogP contribution >= 0.6 is 35.4 Å². The fraction of sp³-hybridized carbons (Fsp3) is 0.417. The molecule has 1 saturated heterocycles. The van der Waals surface area contributed by atoms with Crippen molar-refractivity contribution in [2.75, 3.05) is 19.7 Å². The number of halogens is 2. The zero-order chi connectivity index (χ0) is 22.8. The van der Waals surface area contributed by atoms with Crippen LogP contribution in [0.4, 0.5) is 0 Å². The number of hydrogen-bond donors (Lipinski definition) is 1. The van der Waals surface area contributed by atoms with Crippen LogP contribution in [0.15, 0.2) is 42.5 Å². The molecule has 3 aromatic rings. The molecule has 5 nitrogen and oxygen atoms in total. The van der Waals surface area contributed by atoms with E-state index in [0.29, 0.717) is 39.1 Å². The SMILES string of the molecule is CC(C)c1ccccc1-n1c(-c2ccc(Cl)cc2Cl)nn(CN2CCC[C@@H](CO)C2)c1=S. The Morgan fingerprint density at radius 3 is 2.69 bits per heavy atom. The maximum atomic E-state index is 9.61. The number of para-hydroxylation sites is 1. The summed E-state index contributed by atoms with van der Waals surface area (Å²) in [7, 11) is 0. The third kappa shape index (κ3) is 4.80. The van der Waals surface area contributed by atoms with Gasteiger partial charge in [0, 0.05) is 23.7 Å². The van der Waals surface area contributed by atoms with E-state index in [1.54, 1.807) is 6.07 Å². The molecule has 0 aliphatic carbocycles. The molecule has 1 aliphatic rings. The predicted octanol–water partition coefficient (Wildman–Crippen LogP) is 6.16. The molecule has 2 aromatic carbocycles. The van der Waals surface area contributed by atoms with Crippen LogP contribution in [0.1, 0.15) is 38.2 Å². The van der Waals surface area contributed by atoms with Crippen molar-refractivity contribution in [2.45, 2.75) is 39.3 Å². The molecule has 4 rings (SSSR count). The van der Waals surface area contributed by atoms with Gasteiger partial charge in [0.15, 0.2) is 5.82 Å². The topological polar surface area (TPSA) is 46.2 Å². The van der Waals surface area contributed by atoms with Crippen molar-refractivity contribution in [3.8, 4) is 17.1 Å². The summed E-state index contributed by atoms with van der Waals surface area (Å²) in [5.41, 5.74) is 2.98. The Hall–Kier alpha value is -1.70. The molecule has 170 valence electrons. The van der Waals surface area contributed by atoms with Crippen LogP contribution in [0, 0.1) is 10.7 Å². The fourth-order valence-electron chi connectivity index (χ4n) is 4.36. The Balaban J connectivity index is 1.85. The lowest BCUT2D eigenvalue weighted by molar-refractivity contribution is 0.0939. The van der Waals surface area contributed by atoms with Crippen molar-refractivity contribution in [1.29, 1.82) is 0 Å². The number of hydrogen-bond acceptors (Lipinski definition) is 4. The van der Waals surface area contributed by atoms with E-state index in [9.17, 15) is 5.11 Å². The van der Waals surface area contributed by atoms with Crippen LogP contribution in [-0.4, -0.2) is 44.1 Å². The number of likely N-dealkylation sites (tertiary alicyclic amines) is 1. The highest BCUT2D eigenvalue weighted by molar-refractivity contribution is 7.71. The third-order valence-electron chi connectivity index (χ3n) is 6.01. The number of piperidine rings is 1. The minimum atomic E-state index is 0.212. The molecule has 1 atom stereocenters. The summed E-state index contributed by atoms with van der Waals surface area (Å²) in [5, 5.41) is 15.7. The highest BCUT2D eigenvalue weighted by Crippen LogP contribution is 2.33. The normalized spacial score (nSPS) is 17.2. The third-order valence-corrected chi connectivity index (χ3v) is 6.95. The maximum absolute atomic E-state index is 9.61. The minimum Gasteiger partial charge on any atom is -0.396 e. The molecular weight excluding hydrogens is 463 g/mol. The lowest BCUT2D eigenvalue weighted by atomic mass is 10.00. The summed E-state index contributed by atoms with van der Waals surface area (Å²) in [5.74, 6) is 1.31. The number of nitrogens with zero attached hydrogens (tertiary/aromatic N) is 4. The van der Waals surface area contributed by atoms with Crippen molar-refractivity contribution < 1.29 is 5.11 Å². The molecule has 0 bridgehead atoms. The molecule has 1 aliphatic heterocycles. The molecule has 8 heteroatoms. The van der Waals surface area contributed by atoms with Gasteiger partial charge in [-0.3, -0.25) is 9.47 Å². The van der Waals surface area contributed by atoms with E-state index in [0.717, 1.165) is 37.2 Å². The van der Waals surface area contributed by atoms with E-state index in [1.165, 1.54) is 5.56 Å². The lowest BCUT2D eigenvalue weighted by Gasteiger charge is -2.31. The van der Waals surface area contributed by atoms with Gasteiger partial charge in [-0.05, 0) is 73.3 Å². The Morgan fingerprint density at radius 2 is 1.97 bits per heavy atom. The number of benzene rings is 2. The first-order valence-electron chi connectivity index (χ1n) is 11.0. The minimum absolute atomic E-state index is 0.212. The van der Waals surface area contributed by atoms with Crippen LogP contribution in [0.2, 0.25) is 10.0 Å². The molecule has 0 spiro atoms. The number of rotatable bonds is 6. The first kappa shape index (κ1) is 23.5. The van der Waals surface area contributed by atoms with Gasteiger partial charge in [0.2, 0.25) is 4.77 Å². The number of aliphatic hydroxyl groups excluding tert-OH is 1. The average Bonchev–Trinajstić information content (AvgIpc) is 3.09. The van der Waals surface area contributed by atoms with Gasteiger partial charge in [0.25, 0.3) is 0 Å². The first-order chi connectivity index (χ1) is 15.4. The maximum Gasteiger partial charge on any atom is 0.204 e. The summed E-state index contributed by atoms with van der Waals surface area (Å²) < 4.78 is 4.50. The quantitative estimate of drug-likeness (QED) is 0.420. The van der Waals surface area contributed by atoms with Crippen molar-refractivity contribution >= 4 is 35.4 Å². The number of aliphatic hydroxyl groups is 1. The van der Waals surface area contributed by atoms with Gasteiger partial charge in [0.1, 0.15) is 0 Å². The summed E-state index contributed by atoms with van der Waals surface area (Å²) in [4.78, 5) is 2.30. The zero-order valence-electron chi connectivity index (χ0n) is 18.3. The monoisotopic (exact) mass is 490 g/mol. The molecule has 0 amide bonds. The van der Waals surface area contributed by atoms with E-state index in [4.69, 9.17) is 40.5 Å². The second-order valence-electron chi connectivity index (χ2n) is 8.69. The van der Waals surface area contributed by atoms with Gasteiger partial charge in [-0.1, -0.05) is 55.2 Å². The second kappa shape index (κ2) is 10.1. The van der Waals surface area contributed by atoms with Crippen molar-refractivity contribution in [2.24, 2.45) is 5.92 Å². The Bertz CT molecular complexity index is 1160. The van der Waals surface area contributed by atoms with Gasteiger partial charge < -0.3 is 5.11 Å². The molecule has 0 unspecified atom stereocenters. The average molecular weight is 491 g/mol. The van der Waals surface area contributed by atoms with E-state index < -0.39 is 0 Å². The van der Waals surface area contributed by atoms with Crippen molar-refractivity contribution in [3.63, 3.8) is 0 Å². The van der Waals surface area contributed by atoms with Crippen molar-refractivity contribution in [1.82, 2.24) is 19.2 Å². The highest BCUT2D eigenvalue weighted by Gasteiger charge is 2.23. The molecule has 1 aromatic heterocycles. The van der Waals surface area contributed by atoms with E-state index in [1.807, 2.05) is 33.5 Å². The molecule has 1 fully saturated rings. The van der Waals surface area contributed by atoms with Gasteiger partial charge >= 0.3 is 0 Å². The van der Waals surface area contributed by atoms with E-state index in [-0.39, 0.29) is 6.61 Å². The number of aromatic nitrogens is 3. The van der Waals surface area contributed by atoms with E-state index >= 15 is 0 Å². The standard InChI is InChI=1S/C24H28Cl2N4OS/c1-16(2)19-7-3-4-8-22(19)30-23(20-10-9-18(25)12-21(20)26)27-29(24(30)32)15-28-11-5-6-17(13-28)14-31/h3-4,7-10,12,16-17,31H,5-6,11,13-15H2,1-2H3/t17-/m1/s1. The van der Waals surface area contributed by atoms with Gasteiger partial charge in [-0.15, -0.1) is 5.10 Å². The van der Waals surface area contributed by atoms with Crippen LogP contribution in [0.5, 0.6) is 0 Å². The molecule has 32 heavy (non-hydrogen) atoms. The lowest BCUT2D eigenvalue weighted by Crippen LogP contribution is -2.38. The largest absolute Gasteiger partial charge is 0.396 e. The van der Waals surface area contributed by atoms with E-state index in [2.05, 4.69) is 30.9 Å². The van der Waals surface area contributed by atoms with Crippen LogP contribution in [0.25, 0.3) is 17.1 Å². The van der Waals surface area contributed by atoms with Gasteiger partial charge in [0.05, 0.1) is 17.4 Å². The molecule has 0 radical (unpaired) electrons. The molecule has 0 saturated carbocycles. The Morgan fingerprint density at radius 1 is 1.19 bits per heavy atom. The van der Waals surface area contributed by atoms with Crippen LogP contribution in [-0.2, 0) is 6.67 Å². The van der Waals surface area contributed by atoms with Crippen molar-refractivity contribution in [3.05, 3.63) is 62.8 Å². The summed E-state index contributed by atoms with van der Waals surface area (Å²) in [6.45, 7) is 6.93. The van der Waals surface area contributed by atoms with Crippen LogP contribution < -0.4 is 0 Å². The second-order valence-corrected chi connectivity index (χ2v) is 9.90. The first-order valence-corrected chi connectivity index (χ1v) is 12.1. The zero-order valence-corrected chi connectivity index (χ0v) is 20.7. The van der Waals surface area contributed by atoms with Gasteiger partial charge in [-0.2, -0.15) is 0 Å². The summed E-state index contributed by atoms with van der Waals surface area (Å²) in [6, 6.07) is 13.7. The smallest absolute Gasteiger partial charge is 0.204 e. The van der Waals surface area contributed by atoms with Gasteiger partial charge in [-0.25, -0.2) is 4.68 Å². The predicted molar refractivity (Wildman–Crippen MR) is 133 cm³/mol. The van der Waals surface area contributed by atoms with Crippen LogP contribution in [0.3, 0.4) is 0 Å². The highest BCUT2D eigenvalue weighted by atomic mass is 35.5. The fourth-order valence-corrected chi connectivity index (χ4v) is 5.14. The summed E-state index contributed by atoms with van der Waals surface area (Å²) in [6.07, 6.45) is 2.12.